The quantitative estimate of drug-likeness (QED) is 0.475. The van der Waals surface area contributed by atoms with Gasteiger partial charge < -0.3 is 14.6 Å². The fraction of sp³-hybridized carbons (Fsp3) is 0.308. The summed E-state index contributed by atoms with van der Waals surface area (Å²) < 4.78 is 45.5. The molecule has 0 aliphatic carbocycles. The van der Waals surface area contributed by atoms with Gasteiger partial charge in [0.25, 0.3) is 0 Å². The van der Waals surface area contributed by atoms with Crippen LogP contribution in [-0.4, -0.2) is 36.3 Å². The molecule has 0 amide bonds. The summed E-state index contributed by atoms with van der Waals surface area (Å²) >= 11 is 5.45. The number of halogens is 4. The fourth-order valence-corrected chi connectivity index (χ4v) is 1.37. The lowest BCUT2D eigenvalue weighted by atomic mass is 10.2. The van der Waals surface area contributed by atoms with Crippen LogP contribution in [0, 0.1) is 0 Å². The van der Waals surface area contributed by atoms with Crippen molar-refractivity contribution in [1.82, 2.24) is 0 Å². The van der Waals surface area contributed by atoms with Gasteiger partial charge in [-0.3, -0.25) is 0 Å². The van der Waals surface area contributed by atoms with Crippen molar-refractivity contribution in [1.29, 1.82) is 0 Å². The molecule has 0 atom stereocenters. The highest BCUT2D eigenvalue weighted by Gasteiger charge is 2.29. The summed E-state index contributed by atoms with van der Waals surface area (Å²) in [5.74, 6) is -1.54. The van der Waals surface area contributed by atoms with Crippen molar-refractivity contribution >= 4 is 23.6 Å². The summed E-state index contributed by atoms with van der Waals surface area (Å²) in [5.41, 5.74) is 0.368. The standard InChI is InChI=1S/C13H12ClF3O4/c14-5-6-20-10-3-1-9(2-4-10)7-11(12(18)19)21-8-13(15,16)17/h1-4,7H,5-6,8H2,(H,18,19)/b11-7-. The number of aliphatic carboxylic acids is 1. The molecular weight excluding hydrogens is 313 g/mol. The summed E-state index contributed by atoms with van der Waals surface area (Å²) in [6.07, 6.45) is -3.60. The van der Waals surface area contributed by atoms with E-state index in [1.165, 1.54) is 12.1 Å². The first-order valence-electron chi connectivity index (χ1n) is 5.75. The van der Waals surface area contributed by atoms with E-state index in [1.54, 1.807) is 12.1 Å². The van der Waals surface area contributed by atoms with E-state index in [-0.39, 0.29) is 0 Å². The second kappa shape index (κ2) is 7.78. The lowest BCUT2D eigenvalue weighted by Crippen LogP contribution is -2.19. The summed E-state index contributed by atoms with van der Waals surface area (Å²) in [5, 5.41) is 8.80. The first kappa shape index (κ1) is 17.2. The highest BCUT2D eigenvalue weighted by molar-refractivity contribution is 6.18. The maximum atomic E-state index is 12.0. The van der Waals surface area contributed by atoms with Gasteiger partial charge in [-0.05, 0) is 23.8 Å². The van der Waals surface area contributed by atoms with Gasteiger partial charge in [0.1, 0.15) is 12.4 Å². The topological polar surface area (TPSA) is 55.8 Å². The highest BCUT2D eigenvalue weighted by atomic mass is 35.5. The Bertz CT molecular complexity index is 497. The number of carboxylic acids is 1. The monoisotopic (exact) mass is 324 g/mol. The fourth-order valence-electron chi connectivity index (χ4n) is 1.29. The molecule has 1 N–H and O–H groups in total. The summed E-state index contributed by atoms with van der Waals surface area (Å²) in [6.45, 7) is -1.35. The molecule has 0 aliphatic heterocycles. The zero-order chi connectivity index (χ0) is 15.9. The molecule has 0 heterocycles. The van der Waals surface area contributed by atoms with Crippen LogP contribution in [0.5, 0.6) is 5.75 Å². The van der Waals surface area contributed by atoms with E-state index in [0.717, 1.165) is 6.08 Å². The molecule has 0 aromatic heterocycles. The van der Waals surface area contributed by atoms with Gasteiger partial charge in [0.15, 0.2) is 6.61 Å². The Labute approximate surface area is 123 Å². The Morgan fingerprint density at radius 2 is 1.90 bits per heavy atom. The number of carbonyl (C=O) groups is 1. The average molecular weight is 325 g/mol. The molecule has 4 nitrogen and oxygen atoms in total. The van der Waals surface area contributed by atoms with Gasteiger partial charge in [-0.25, -0.2) is 4.79 Å². The number of benzene rings is 1. The van der Waals surface area contributed by atoms with Crippen LogP contribution in [-0.2, 0) is 9.53 Å². The van der Waals surface area contributed by atoms with Crippen LogP contribution < -0.4 is 4.74 Å². The third-order valence-corrected chi connectivity index (χ3v) is 2.28. The number of alkyl halides is 4. The second-order valence-corrected chi connectivity index (χ2v) is 4.20. The average Bonchev–Trinajstić information content (AvgIpc) is 2.41. The Morgan fingerprint density at radius 1 is 1.29 bits per heavy atom. The number of hydrogen-bond acceptors (Lipinski definition) is 3. The van der Waals surface area contributed by atoms with Crippen LogP contribution in [0.25, 0.3) is 6.08 Å². The van der Waals surface area contributed by atoms with E-state index in [2.05, 4.69) is 4.74 Å². The molecule has 1 aromatic rings. The number of carboxylic acid groups (broad SMARTS) is 1. The molecule has 0 unspecified atom stereocenters. The van der Waals surface area contributed by atoms with Gasteiger partial charge in [-0.1, -0.05) is 12.1 Å². The molecule has 0 fully saturated rings. The normalized spacial score (nSPS) is 12.1. The summed E-state index contributed by atoms with van der Waals surface area (Å²) in [4.78, 5) is 10.8. The molecule has 8 heteroatoms. The lowest BCUT2D eigenvalue weighted by molar-refractivity contribution is -0.169. The van der Waals surface area contributed by atoms with Crippen molar-refractivity contribution in [2.75, 3.05) is 19.1 Å². The molecule has 1 rings (SSSR count). The van der Waals surface area contributed by atoms with Crippen LogP contribution in [0.15, 0.2) is 30.0 Å². The van der Waals surface area contributed by atoms with Crippen LogP contribution in [0.2, 0.25) is 0 Å². The molecule has 0 saturated heterocycles. The Hall–Kier alpha value is -1.89. The number of ether oxygens (including phenoxy) is 2. The van der Waals surface area contributed by atoms with Crippen molar-refractivity contribution in [2.45, 2.75) is 6.18 Å². The van der Waals surface area contributed by atoms with Crippen LogP contribution >= 0.6 is 11.6 Å². The summed E-state index contributed by atoms with van der Waals surface area (Å²) in [6, 6.07) is 6.07. The molecule has 0 spiro atoms. The summed E-state index contributed by atoms with van der Waals surface area (Å²) in [7, 11) is 0. The first-order valence-corrected chi connectivity index (χ1v) is 6.28. The SMILES string of the molecule is O=C(O)/C(=C/c1ccc(OCCCl)cc1)OCC(F)(F)F. The minimum absolute atomic E-state index is 0.311. The maximum absolute atomic E-state index is 12.0. The van der Waals surface area contributed by atoms with Crippen molar-refractivity contribution in [3.8, 4) is 5.75 Å². The molecule has 0 radical (unpaired) electrons. The Balaban J connectivity index is 2.78. The molecule has 1 aromatic carbocycles. The van der Waals surface area contributed by atoms with Gasteiger partial charge in [0, 0.05) is 0 Å². The van der Waals surface area contributed by atoms with Crippen molar-refractivity contribution in [3.63, 3.8) is 0 Å². The third-order valence-electron chi connectivity index (χ3n) is 2.13. The first-order chi connectivity index (χ1) is 9.81. The zero-order valence-corrected chi connectivity index (χ0v) is 11.4. The van der Waals surface area contributed by atoms with Gasteiger partial charge >= 0.3 is 12.1 Å². The van der Waals surface area contributed by atoms with Crippen LogP contribution in [0.1, 0.15) is 5.56 Å². The molecule has 21 heavy (non-hydrogen) atoms. The van der Waals surface area contributed by atoms with E-state index in [9.17, 15) is 18.0 Å². The third kappa shape index (κ3) is 6.89. The molecule has 0 saturated carbocycles. The minimum atomic E-state index is -4.60. The lowest BCUT2D eigenvalue weighted by Gasteiger charge is -2.09. The van der Waals surface area contributed by atoms with E-state index in [1.807, 2.05) is 0 Å². The zero-order valence-electron chi connectivity index (χ0n) is 10.7. The number of rotatable bonds is 7. The van der Waals surface area contributed by atoms with Crippen LogP contribution in [0.4, 0.5) is 13.2 Å². The Kier molecular flexibility index (Phi) is 6.36. The molecule has 0 aliphatic rings. The predicted molar refractivity (Wildman–Crippen MR) is 70.3 cm³/mol. The predicted octanol–water partition coefficient (Wildman–Crippen LogP) is 3.31. The van der Waals surface area contributed by atoms with E-state index >= 15 is 0 Å². The van der Waals surface area contributed by atoms with E-state index < -0.39 is 24.5 Å². The molecule has 0 bridgehead atoms. The minimum Gasteiger partial charge on any atom is -0.492 e. The molecule has 116 valence electrons. The van der Waals surface area contributed by atoms with Crippen molar-refractivity contribution in [3.05, 3.63) is 35.6 Å². The van der Waals surface area contributed by atoms with Gasteiger partial charge in [-0.2, -0.15) is 13.2 Å². The van der Waals surface area contributed by atoms with Crippen molar-refractivity contribution in [2.24, 2.45) is 0 Å². The second-order valence-electron chi connectivity index (χ2n) is 3.82. The smallest absolute Gasteiger partial charge is 0.422 e. The number of hydrogen-bond donors (Lipinski definition) is 1. The largest absolute Gasteiger partial charge is 0.492 e. The van der Waals surface area contributed by atoms with Crippen LogP contribution in [0.3, 0.4) is 0 Å². The highest BCUT2D eigenvalue weighted by Crippen LogP contribution is 2.19. The van der Waals surface area contributed by atoms with Gasteiger partial charge in [-0.15, -0.1) is 11.6 Å². The van der Waals surface area contributed by atoms with Crippen molar-refractivity contribution < 1.29 is 32.5 Å². The van der Waals surface area contributed by atoms with Gasteiger partial charge in [0.05, 0.1) is 5.88 Å². The maximum Gasteiger partial charge on any atom is 0.422 e. The Morgan fingerprint density at radius 3 is 2.38 bits per heavy atom. The van der Waals surface area contributed by atoms with E-state index in [0.29, 0.717) is 23.8 Å². The molecular formula is C13H12ClF3O4. The van der Waals surface area contributed by atoms with E-state index in [4.69, 9.17) is 21.4 Å². The van der Waals surface area contributed by atoms with Gasteiger partial charge in [0.2, 0.25) is 5.76 Å².